The van der Waals surface area contributed by atoms with Crippen LogP contribution in [0.3, 0.4) is 0 Å². The van der Waals surface area contributed by atoms with Gasteiger partial charge in [0.2, 0.25) is 0 Å². The zero-order valence-corrected chi connectivity index (χ0v) is 14.9. The molecule has 0 aliphatic rings. The van der Waals surface area contributed by atoms with E-state index in [1.165, 1.54) is 58.7 Å². The van der Waals surface area contributed by atoms with Gasteiger partial charge in [-0.3, -0.25) is 0 Å². The van der Waals surface area contributed by atoms with Gasteiger partial charge in [0, 0.05) is 16.5 Å². The second-order valence-electron chi connectivity index (χ2n) is 6.84. The molecule has 4 aromatic rings. The van der Waals surface area contributed by atoms with E-state index < -0.39 is 0 Å². The van der Waals surface area contributed by atoms with Crippen LogP contribution in [-0.4, -0.2) is 4.57 Å². The summed E-state index contributed by atoms with van der Waals surface area (Å²) in [6, 6.07) is 26.4. The number of hydrogen-bond donors (Lipinski definition) is 0. The first kappa shape index (κ1) is 16.0. The van der Waals surface area contributed by atoms with Gasteiger partial charge in [0.05, 0.1) is 11.2 Å². The van der Waals surface area contributed by atoms with Crippen LogP contribution in [0.5, 0.6) is 0 Å². The Hall–Kier alpha value is -2.54. The van der Waals surface area contributed by atoms with Gasteiger partial charge < -0.3 is 4.57 Å². The van der Waals surface area contributed by atoms with E-state index in [1.54, 1.807) is 0 Å². The molecule has 0 amide bonds. The second-order valence-corrected chi connectivity index (χ2v) is 6.84. The lowest BCUT2D eigenvalue weighted by Gasteiger charge is -2.14. The number of benzene rings is 3. The summed E-state index contributed by atoms with van der Waals surface area (Å²) in [4.78, 5) is 0. The molecule has 0 spiro atoms. The number of nitrogens with zero attached hydrogens (tertiary/aromatic N) is 1. The molecule has 1 heteroatoms. The lowest BCUT2D eigenvalue weighted by atomic mass is 10.1. The van der Waals surface area contributed by atoms with Gasteiger partial charge in [0.25, 0.3) is 0 Å². The van der Waals surface area contributed by atoms with Crippen molar-refractivity contribution in [2.45, 2.75) is 39.0 Å². The highest BCUT2D eigenvalue weighted by molar-refractivity contribution is 5.93. The normalized spacial score (nSPS) is 11.4. The van der Waals surface area contributed by atoms with Gasteiger partial charge in [-0.05, 0) is 36.4 Å². The van der Waals surface area contributed by atoms with E-state index in [9.17, 15) is 0 Å². The van der Waals surface area contributed by atoms with Crippen LogP contribution in [0.2, 0.25) is 0 Å². The van der Waals surface area contributed by atoms with E-state index in [0.717, 1.165) is 6.42 Å². The summed E-state index contributed by atoms with van der Waals surface area (Å²) in [6.07, 6.45) is 6.32. The van der Waals surface area contributed by atoms with Crippen molar-refractivity contribution in [3.05, 3.63) is 78.5 Å². The molecule has 0 bridgehead atoms. The molecule has 25 heavy (non-hydrogen) atoms. The van der Waals surface area contributed by atoms with Gasteiger partial charge >= 0.3 is 0 Å². The minimum Gasteiger partial charge on any atom is -0.313 e. The average Bonchev–Trinajstić information content (AvgIpc) is 3.03. The van der Waals surface area contributed by atoms with Crippen molar-refractivity contribution in [3.63, 3.8) is 0 Å². The highest BCUT2D eigenvalue weighted by Gasteiger charge is 2.12. The van der Waals surface area contributed by atoms with E-state index in [-0.39, 0.29) is 0 Å². The Morgan fingerprint density at radius 3 is 2.36 bits per heavy atom. The molecule has 3 aromatic carbocycles. The summed E-state index contributed by atoms with van der Waals surface area (Å²) in [5.74, 6) is 0. The maximum absolute atomic E-state index is 2.48. The molecule has 0 atom stereocenters. The number of aryl methyl sites for hydroxylation is 1. The lowest BCUT2D eigenvalue weighted by molar-refractivity contribution is 0.657. The first-order valence-corrected chi connectivity index (χ1v) is 9.46. The fraction of sp³-hybridized carbons (Fsp3) is 0.250. The predicted molar refractivity (Wildman–Crippen MR) is 109 cm³/mol. The molecule has 0 aliphatic heterocycles. The Balaban J connectivity index is 1.86. The SMILES string of the molecule is CCCCCCc1cc2ccccc2n1-c1cccc2ccccc12. The van der Waals surface area contributed by atoms with E-state index in [4.69, 9.17) is 0 Å². The van der Waals surface area contributed by atoms with E-state index in [1.807, 2.05) is 0 Å². The van der Waals surface area contributed by atoms with Crippen molar-refractivity contribution >= 4 is 21.7 Å². The third-order valence-electron chi connectivity index (χ3n) is 5.08. The molecule has 1 heterocycles. The predicted octanol–water partition coefficient (Wildman–Crippen LogP) is 6.91. The fourth-order valence-electron chi connectivity index (χ4n) is 3.82. The van der Waals surface area contributed by atoms with Gasteiger partial charge in [-0.25, -0.2) is 0 Å². The summed E-state index contributed by atoms with van der Waals surface area (Å²) < 4.78 is 2.48. The van der Waals surface area contributed by atoms with Crippen molar-refractivity contribution in [1.82, 2.24) is 4.57 Å². The number of aromatic nitrogens is 1. The Kier molecular flexibility index (Phi) is 4.56. The molecule has 0 saturated heterocycles. The second kappa shape index (κ2) is 7.14. The van der Waals surface area contributed by atoms with Crippen LogP contribution in [0.1, 0.15) is 38.3 Å². The first-order valence-electron chi connectivity index (χ1n) is 9.46. The molecule has 0 fully saturated rings. The molecule has 126 valence electrons. The van der Waals surface area contributed by atoms with Crippen LogP contribution in [0.4, 0.5) is 0 Å². The number of fused-ring (bicyclic) bond motifs is 2. The molecule has 0 unspecified atom stereocenters. The van der Waals surface area contributed by atoms with E-state index in [0.29, 0.717) is 0 Å². The van der Waals surface area contributed by atoms with Gasteiger partial charge in [-0.15, -0.1) is 0 Å². The summed E-state index contributed by atoms with van der Waals surface area (Å²) in [5, 5.41) is 3.96. The minimum atomic E-state index is 1.14. The van der Waals surface area contributed by atoms with E-state index in [2.05, 4.69) is 84.3 Å². The standard InChI is InChI=1S/C24H25N/c1-2-3-4-5-14-21-18-20-12-7-9-16-23(20)25(21)24-17-10-13-19-11-6-8-15-22(19)24/h6-13,15-18H,2-5,14H2,1H3. The van der Waals surface area contributed by atoms with Gasteiger partial charge in [0.15, 0.2) is 0 Å². The maximum Gasteiger partial charge on any atom is 0.0537 e. The van der Waals surface area contributed by atoms with Crippen LogP contribution in [0.25, 0.3) is 27.4 Å². The van der Waals surface area contributed by atoms with Gasteiger partial charge in [-0.1, -0.05) is 80.8 Å². The molecule has 0 aliphatic carbocycles. The zero-order chi connectivity index (χ0) is 17.1. The van der Waals surface area contributed by atoms with Crippen LogP contribution in [0.15, 0.2) is 72.8 Å². The molecule has 0 N–H and O–H groups in total. The Morgan fingerprint density at radius 1 is 0.720 bits per heavy atom. The summed E-state index contributed by atoms with van der Waals surface area (Å²) in [6.45, 7) is 2.27. The summed E-state index contributed by atoms with van der Waals surface area (Å²) >= 11 is 0. The first-order chi connectivity index (χ1) is 12.4. The van der Waals surface area contributed by atoms with Gasteiger partial charge in [0.1, 0.15) is 0 Å². The Morgan fingerprint density at radius 2 is 1.48 bits per heavy atom. The molecule has 0 saturated carbocycles. The summed E-state index contributed by atoms with van der Waals surface area (Å²) in [7, 11) is 0. The summed E-state index contributed by atoms with van der Waals surface area (Å²) in [5.41, 5.74) is 4.03. The molecule has 4 rings (SSSR count). The van der Waals surface area contributed by atoms with Crippen LogP contribution < -0.4 is 0 Å². The number of para-hydroxylation sites is 1. The largest absolute Gasteiger partial charge is 0.313 e. The van der Waals surface area contributed by atoms with Crippen LogP contribution in [0, 0.1) is 0 Å². The maximum atomic E-state index is 2.48. The van der Waals surface area contributed by atoms with Crippen molar-refractivity contribution in [2.24, 2.45) is 0 Å². The van der Waals surface area contributed by atoms with Crippen molar-refractivity contribution in [3.8, 4) is 5.69 Å². The quantitative estimate of drug-likeness (QED) is 0.339. The minimum absolute atomic E-state index is 1.14. The molecule has 1 nitrogen and oxygen atoms in total. The molecule has 0 radical (unpaired) electrons. The number of rotatable bonds is 6. The van der Waals surface area contributed by atoms with Crippen molar-refractivity contribution < 1.29 is 0 Å². The fourth-order valence-corrected chi connectivity index (χ4v) is 3.82. The lowest BCUT2D eigenvalue weighted by Crippen LogP contribution is -2.01. The number of hydrogen-bond acceptors (Lipinski definition) is 0. The Labute approximate surface area is 149 Å². The average molecular weight is 327 g/mol. The smallest absolute Gasteiger partial charge is 0.0537 e. The molecular formula is C24H25N. The zero-order valence-electron chi connectivity index (χ0n) is 14.9. The van der Waals surface area contributed by atoms with Gasteiger partial charge in [-0.2, -0.15) is 0 Å². The topological polar surface area (TPSA) is 4.93 Å². The Bertz CT molecular complexity index is 988. The van der Waals surface area contributed by atoms with Crippen molar-refractivity contribution in [1.29, 1.82) is 0 Å². The van der Waals surface area contributed by atoms with Crippen LogP contribution >= 0.6 is 0 Å². The molecule has 1 aromatic heterocycles. The monoisotopic (exact) mass is 327 g/mol. The third kappa shape index (κ3) is 3.07. The van der Waals surface area contributed by atoms with Crippen molar-refractivity contribution in [2.75, 3.05) is 0 Å². The third-order valence-corrected chi connectivity index (χ3v) is 5.08. The molecular weight excluding hydrogens is 302 g/mol. The highest BCUT2D eigenvalue weighted by Crippen LogP contribution is 2.30. The highest BCUT2D eigenvalue weighted by atomic mass is 15.0. The number of unbranched alkanes of at least 4 members (excludes halogenated alkanes) is 3. The van der Waals surface area contributed by atoms with Crippen LogP contribution in [-0.2, 0) is 6.42 Å². The van der Waals surface area contributed by atoms with E-state index >= 15 is 0 Å².